The van der Waals surface area contributed by atoms with Crippen LogP contribution in [0.5, 0.6) is 5.75 Å². The maximum atomic E-state index is 14.9. The summed E-state index contributed by atoms with van der Waals surface area (Å²) in [7, 11) is 1.81. The lowest BCUT2D eigenvalue weighted by atomic mass is 9.96. The molecule has 0 bridgehead atoms. The number of carbonyl (C=O) groups excluding carboxylic acids is 10. The van der Waals surface area contributed by atoms with Crippen LogP contribution in [0.15, 0.2) is 69.6 Å². The highest BCUT2D eigenvalue weighted by molar-refractivity contribution is 8.76. The van der Waals surface area contributed by atoms with Gasteiger partial charge in [-0.15, -0.1) is 0 Å². The quantitative estimate of drug-likeness (QED) is 0.0137. The molecule has 1 aliphatic rings. The maximum absolute atomic E-state index is 14.9. The number of carboxylic acids is 1. The van der Waals surface area contributed by atoms with Crippen LogP contribution in [0.25, 0.3) is 0 Å². The second-order valence-electron chi connectivity index (χ2n) is 22.1. The summed E-state index contributed by atoms with van der Waals surface area (Å²) in [6.45, 7) is 2.34. The van der Waals surface area contributed by atoms with Crippen LogP contribution < -0.4 is 99.0 Å². The number of nitrogens with zero attached hydrogens (tertiary/aromatic N) is 3. The number of nitrogens with two attached hydrogens (primary N) is 8. The van der Waals surface area contributed by atoms with Gasteiger partial charge in [-0.2, -0.15) is 0 Å². The molecule has 1 fully saturated rings. The van der Waals surface area contributed by atoms with Gasteiger partial charge in [-0.25, -0.2) is 4.79 Å². The number of rotatable bonds is 33. The number of amides is 10. The van der Waals surface area contributed by atoms with E-state index < -0.39 is 138 Å². The third kappa shape index (κ3) is 31.0. The van der Waals surface area contributed by atoms with Gasteiger partial charge in [-0.3, -0.25) is 62.9 Å². The molecule has 2 aromatic carbocycles. The van der Waals surface area contributed by atoms with Crippen LogP contribution in [0.4, 0.5) is 0 Å². The summed E-state index contributed by atoms with van der Waals surface area (Å²) in [5, 5.41) is 45.7. The molecule has 0 aliphatic carbocycles. The molecule has 10 amide bonds. The molecule has 3 rings (SSSR count). The summed E-state index contributed by atoms with van der Waals surface area (Å²) in [5.41, 5.74) is 46.4. The molecule has 0 saturated carbocycles. The van der Waals surface area contributed by atoms with Crippen molar-refractivity contribution in [3.8, 4) is 5.75 Å². The second kappa shape index (κ2) is 42.9. The van der Waals surface area contributed by atoms with Crippen LogP contribution in [0.3, 0.4) is 0 Å². The van der Waals surface area contributed by atoms with E-state index >= 15 is 0 Å². The first kappa shape index (κ1) is 79.1. The Labute approximate surface area is 552 Å². The number of carbonyl (C=O) groups is 11. The summed E-state index contributed by atoms with van der Waals surface area (Å²) in [4.78, 5) is 166. The lowest BCUT2D eigenvalue weighted by Gasteiger charge is -2.30. The van der Waals surface area contributed by atoms with E-state index in [9.17, 15) is 63.0 Å². The zero-order valence-electron chi connectivity index (χ0n) is 52.8. The Balaban J connectivity index is 2.16. The zero-order valence-corrected chi connectivity index (χ0v) is 54.4. The number of hydrogen-bond donors (Lipinski definition) is 20. The van der Waals surface area contributed by atoms with Crippen molar-refractivity contribution in [3.63, 3.8) is 0 Å². The standard InChI is InChI=1S/C58H93N21O13S2/c1-3-32(2)46-54(90)75-38(16-10-24-68-57(63)64)49(85)77-43(53(89)76-40(55(91)92)14-7-8-22-59)31-94-93-30-42(52(88)74-37(15-9-23-67-56(61)62)48(84)73-39(50(86)79-46)17-11-25-69-58(65)66)78-51(87)41(27-33-12-5-4-6-13-33)72-45(82)29-70-44(81)28-71-47(83)36(60)26-34-18-20-35(80)21-19-34/h4-6,12-13,18-21,32,36-43,46,80H,3,7-11,14-17,22-31,59-60H2,1-2H3,(H,70,81)(H,71,83)(H,72,82)(H,73,84)(H,74,88)(H,75,90)(H,76,89)(H,77,85)(H,78,87)(H,79,86)(H,91,92)(H4,61,62,67)(H4,63,64,68)(H4,65,66,69)/t32-,36-,37-,38+,39+,40-,41-,42+,43+,46-/m0/s1. The van der Waals surface area contributed by atoms with Gasteiger partial charge in [0.25, 0.3) is 0 Å². The molecule has 0 aromatic heterocycles. The Kier molecular flexibility index (Phi) is 36.1. The van der Waals surface area contributed by atoms with Gasteiger partial charge in [0.05, 0.1) is 19.1 Å². The number of phenolic OH excluding ortho intramolecular Hbond substituents is 1. The summed E-state index contributed by atoms with van der Waals surface area (Å²) < 4.78 is 0. The average Bonchev–Trinajstić information content (AvgIpc) is 1.02. The number of hydrogen-bond acceptors (Lipinski definition) is 19. The highest BCUT2D eigenvalue weighted by atomic mass is 33.1. The van der Waals surface area contributed by atoms with Gasteiger partial charge >= 0.3 is 5.97 Å². The molecule has 10 atom stereocenters. The third-order valence-corrected chi connectivity index (χ3v) is 16.9. The number of benzene rings is 2. The fourth-order valence-electron chi connectivity index (χ4n) is 9.07. The van der Waals surface area contributed by atoms with Crippen LogP contribution in [-0.4, -0.2) is 198 Å². The van der Waals surface area contributed by atoms with E-state index in [2.05, 4.69) is 68.1 Å². The number of aliphatic imine (C=N–C) groups is 3. The number of carboxylic acid groups (broad SMARTS) is 1. The van der Waals surface area contributed by atoms with Crippen LogP contribution >= 0.6 is 21.6 Å². The number of phenols is 1. The monoisotopic (exact) mass is 1360 g/mol. The van der Waals surface area contributed by atoms with Gasteiger partial charge in [0.1, 0.15) is 54.1 Å². The number of aliphatic carboxylic acids is 1. The Hall–Kier alpha value is -9.16. The molecule has 1 saturated heterocycles. The van der Waals surface area contributed by atoms with Gasteiger partial charge in [-0.1, -0.05) is 84.3 Å². The third-order valence-electron chi connectivity index (χ3n) is 14.4. The molecule has 520 valence electrons. The summed E-state index contributed by atoms with van der Waals surface area (Å²) >= 11 is 0. The summed E-state index contributed by atoms with van der Waals surface area (Å²) in [6.07, 6.45) is 0.753. The molecular formula is C58H93N21O13S2. The fraction of sp³-hybridized carbons (Fsp3) is 0.552. The first-order chi connectivity index (χ1) is 44.7. The van der Waals surface area contributed by atoms with Crippen LogP contribution in [-0.2, 0) is 65.6 Å². The highest BCUT2D eigenvalue weighted by Gasteiger charge is 2.37. The molecule has 0 unspecified atom stereocenters. The molecule has 2 aromatic rings. The van der Waals surface area contributed by atoms with E-state index in [0.29, 0.717) is 30.4 Å². The minimum absolute atomic E-state index is 0.00350. The van der Waals surface area contributed by atoms with E-state index in [1.807, 2.05) is 0 Å². The lowest BCUT2D eigenvalue weighted by molar-refractivity contribution is -0.142. The van der Waals surface area contributed by atoms with Crippen molar-refractivity contribution in [2.75, 3.05) is 50.8 Å². The molecular weight excluding hydrogens is 1260 g/mol. The van der Waals surface area contributed by atoms with Gasteiger partial charge in [0, 0.05) is 37.6 Å². The van der Waals surface area contributed by atoms with Crippen LogP contribution in [0, 0.1) is 5.92 Å². The normalized spacial score (nSPS) is 19.6. The number of nitrogens with one attached hydrogen (secondary N) is 10. The van der Waals surface area contributed by atoms with E-state index in [1.165, 1.54) is 12.1 Å². The molecule has 34 nitrogen and oxygen atoms in total. The van der Waals surface area contributed by atoms with Crippen molar-refractivity contribution >= 4 is 105 Å². The molecule has 0 radical (unpaired) electrons. The minimum Gasteiger partial charge on any atom is -0.508 e. The number of unbranched alkanes of at least 4 members (excludes halogenated alkanes) is 1. The lowest BCUT2D eigenvalue weighted by Crippen LogP contribution is -2.61. The fourth-order valence-corrected chi connectivity index (χ4v) is 11.4. The van der Waals surface area contributed by atoms with Crippen molar-refractivity contribution < 1.29 is 63.0 Å². The molecule has 28 N–H and O–H groups in total. The van der Waals surface area contributed by atoms with E-state index in [1.54, 1.807) is 56.3 Å². The number of guanidine groups is 3. The molecule has 94 heavy (non-hydrogen) atoms. The highest BCUT2D eigenvalue weighted by Crippen LogP contribution is 2.24. The van der Waals surface area contributed by atoms with E-state index in [0.717, 1.165) is 21.6 Å². The summed E-state index contributed by atoms with van der Waals surface area (Å²) in [5.74, 6) is -12.2. The average molecular weight is 1360 g/mol. The molecule has 1 heterocycles. The molecule has 0 spiro atoms. The maximum Gasteiger partial charge on any atom is 0.326 e. The van der Waals surface area contributed by atoms with Gasteiger partial charge < -0.3 is 109 Å². The Morgan fingerprint density at radius 3 is 1.65 bits per heavy atom. The minimum atomic E-state index is -1.61. The van der Waals surface area contributed by atoms with E-state index in [4.69, 9.17) is 45.9 Å². The SMILES string of the molecule is CC[C@H](C)[C@@H]1NC(=O)[C@@H](CCCN=C(N)N)NC(=O)[C@H](CCCN=C(N)N)NC(=O)[C@H](NC(=O)[C@H](Cc2ccccc2)NC(=O)CNC(=O)CNC(=O)[C@@H](N)Cc2ccc(O)cc2)CSSC[C@H](C(=O)N[C@@H](CCCCN)C(=O)O)NC(=O)[C@@H](CCCN=C(N)N)NC1=O. The van der Waals surface area contributed by atoms with Crippen molar-refractivity contribution in [2.24, 2.45) is 66.8 Å². The largest absolute Gasteiger partial charge is 0.508 e. The van der Waals surface area contributed by atoms with Gasteiger partial charge in [-0.05, 0) is 99.9 Å². The van der Waals surface area contributed by atoms with Crippen molar-refractivity contribution in [1.82, 2.24) is 53.2 Å². The Morgan fingerprint density at radius 1 is 0.596 bits per heavy atom. The Bertz CT molecular complexity index is 2920. The number of aromatic hydroxyl groups is 1. The van der Waals surface area contributed by atoms with Crippen molar-refractivity contribution in [3.05, 3.63) is 65.7 Å². The molecule has 1 aliphatic heterocycles. The van der Waals surface area contributed by atoms with Gasteiger partial charge in [0.2, 0.25) is 59.1 Å². The van der Waals surface area contributed by atoms with Crippen molar-refractivity contribution in [1.29, 1.82) is 0 Å². The predicted molar refractivity (Wildman–Crippen MR) is 356 cm³/mol. The second-order valence-corrected chi connectivity index (χ2v) is 24.6. The first-order valence-electron chi connectivity index (χ1n) is 30.6. The van der Waals surface area contributed by atoms with E-state index in [-0.39, 0.29) is 119 Å². The van der Waals surface area contributed by atoms with Crippen LogP contribution in [0.1, 0.15) is 89.2 Å². The molecule has 36 heteroatoms. The topological polar surface area (TPSA) is 594 Å². The van der Waals surface area contributed by atoms with Crippen molar-refractivity contribution in [2.45, 2.75) is 145 Å². The van der Waals surface area contributed by atoms with Gasteiger partial charge in [0.15, 0.2) is 17.9 Å². The predicted octanol–water partition coefficient (Wildman–Crippen LogP) is -5.57. The zero-order chi connectivity index (χ0) is 69.7. The van der Waals surface area contributed by atoms with Crippen LogP contribution in [0.2, 0.25) is 0 Å². The Morgan fingerprint density at radius 2 is 1.11 bits per heavy atom. The first-order valence-corrected chi connectivity index (χ1v) is 33.1. The summed E-state index contributed by atoms with van der Waals surface area (Å²) in [6, 6.07) is 1.55. The smallest absolute Gasteiger partial charge is 0.326 e.